The highest BCUT2D eigenvalue weighted by atomic mass is 35.5. The summed E-state index contributed by atoms with van der Waals surface area (Å²) in [5.41, 5.74) is 0. The van der Waals surface area contributed by atoms with Gasteiger partial charge in [-0.05, 0) is 29.7 Å². The zero-order valence-electron chi connectivity index (χ0n) is 6.59. The molecule has 1 N–H and O–H groups in total. The molecule has 0 heterocycles. The van der Waals surface area contributed by atoms with E-state index >= 15 is 0 Å². The van der Waals surface area contributed by atoms with Crippen molar-refractivity contribution >= 4 is 22.4 Å². The van der Waals surface area contributed by atoms with Gasteiger partial charge in [0, 0.05) is 10.4 Å². The summed E-state index contributed by atoms with van der Waals surface area (Å²) >= 11 is 5.73. The van der Waals surface area contributed by atoms with Crippen molar-refractivity contribution in [2.45, 2.75) is 0 Å². The van der Waals surface area contributed by atoms with Crippen LogP contribution in [0.3, 0.4) is 0 Å². The van der Waals surface area contributed by atoms with E-state index in [9.17, 15) is 4.39 Å². The lowest BCUT2D eigenvalue weighted by atomic mass is 10.1. The minimum Gasteiger partial charge on any atom is -0.505 e. The van der Waals surface area contributed by atoms with Crippen LogP contribution in [0.2, 0.25) is 5.02 Å². The van der Waals surface area contributed by atoms with Crippen LogP contribution in [0, 0.1) is 5.82 Å². The number of rotatable bonds is 0. The molecular formula is C10H6ClFO. The molecule has 0 unspecified atom stereocenters. The maximum Gasteiger partial charge on any atom is 0.172 e. The van der Waals surface area contributed by atoms with Gasteiger partial charge in [0.15, 0.2) is 11.6 Å². The van der Waals surface area contributed by atoms with Crippen LogP contribution in [-0.4, -0.2) is 5.11 Å². The lowest BCUT2D eigenvalue weighted by molar-refractivity contribution is 0.436. The van der Waals surface area contributed by atoms with Crippen molar-refractivity contribution in [3.63, 3.8) is 0 Å². The Morgan fingerprint density at radius 1 is 1.15 bits per heavy atom. The van der Waals surface area contributed by atoms with Crippen molar-refractivity contribution in [3.05, 3.63) is 41.2 Å². The van der Waals surface area contributed by atoms with Gasteiger partial charge in [0.1, 0.15) is 0 Å². The Bertz CT molecular complexity index is 468. The molecule has 1 nitrogen and oxygen atoms in total. The second-order valence-corrected chi connectivity index (χ2v) is 3.20. The van der Waals surface area contributed by atoms with Gasteiger partial charge in [-0.15, -0.1) is 0 Å². The number of hydrogen-bond donors (Lipinski definition) is 1. The summed E-state index contributed by atoms with van der Waals surface area (Å²) < 4.78 is 13.2. The van der Waals surface area contributed by atoms with E-state index in [1.807, 2.05) is 0 Å². The monoisotopic (exact) mass is 196 g/mol. The molecule has 0 aliphatic rings. The third-order valence-corrected chi connectivity index (χ3v) is 2.13. The van der Waals surface area contributed by atoms with Crippen molar-refractivity contribution in [1.82, 2.24) is 0 Å². The molecule has 2 rings (SSSR count). The predicted molar refractivity (Wildman–Crippen MR) is 50.6 cm³/mol. The van der Waals surface area contributed by atoms with E-state index in [0.717, 1.165) is 0 Å². The molecule has 2 aromatic rings. The molecule has 0 spiro atoms. The lowest BCUT2D eigenvalue weighted by Crippen LogP contribution is -1.80. The minimum atomic E-state index is -0.603. The van der Waals surface area contributed by atoms with Gasteiger partial charge in [-0.2, -0.15) is 0 Å². The molecule has 2 aromatic carbocycles. The molecular weight excluding hydrogens is 191 g/mol. The van der Waals surface area contributed by atoms with Gasteiger partial charge in [0.2, 0.25) is 0 Å². The van der Waals surface area contributed by atoms with Crippen molar-refractivity contribution in [1.29, 1.82) is 0 Å². The van der Waals surface area contributed by atoms with Gasteiger partial charge in [0.05, 0.1) is 0 Å². The fraction of sp³-hybridized carbons (Fsp3) is 0. The molecule has 0 saturated heterocycles. The van der Waals surface area contributed by atoms with Crippen LogP contribution < -0.4 is 0 Å². The molecule has 0 atom stereocenters. The Kier molecular flexibility index (Phi) is 1.85. The first-order chi connectivity index (χ1) is 6.18. The van der Waals surface area contributed by atoms with Crippen molar-refractivity contribution in [2.24, 2.45) is 0 Å². The molecule has 0 bridgehead atoms. The molecule has 0 aliphatic heterocycles. The Morgan fingerprint density at radius 2 is 1.92 bits per heavy atom. The standard InChI is InChI=1S/C10H6ClFO/c11-7-2-3-8-6(5-7)1-4-9(13)10(8)12/h1-5,13H. The number of halogens is 2. The quantitative estimate of drug-likeness (QED) is 0.685. The Morgan fingerprint density at radius 3 is 2.69 bits per heavy atom. The molecule has 0 aliphatic carbocycles. The van der Waals surface area contributed by atoms with E-state index in [0.29, 0.717) is 15.8 Å². The molecule has 0 fully saturated rings. The van der Waals surface area contributed by atoms with Crippen molar-refractivity contribution in [3.8, 4) is 5.75 Å². The van der Waals surface area contributed by atoms with E-state index < -0.39 is 5.82 Å². The van der Waals surface area contributed by atoms with Crippen LogP contribution in [-0.2, 0) is 0 Å². The number of fused-ring (bicyclic) bond motifs is 1. The Balaban J connectivity index is 2.87. The number of phenolic OH excluding ortho intramolecular Hbond substituents is 1. The topological polar surface area (TPSA) is 20.2 Å². The van der Waals surface area contributed by atoms with Gasteiger partial charge in [-0.25, -0.2) is 4.39 Å². The smallest absolute Gasteiger partial charge is 0.172 e. The van der Waals surface area contributed by atoms with Gasteiger partial charge in [0.25, 0.3) is 0 Å². The highest BCUT2D eigenvalue weighted by molar-refractivity contribution is 6.31. The maximum atomic E-state index is 13.2. The highest BCUT2D eigenvalue weighted by Gasteiger charge is 2.05. The second-order valence-electron chi connectivity index (χ2n) is 2.76. The summed E-state index contributed by atoms with van der Waals surface area (Å²) in [6.07, 6.45) is 0. The van der Waals surface area contributed by atoms with E-state index in [2.05, 4.69) is 0 Å². The summed E-state index contributed by atoms with van der Waals surface area (Å²) in [6, 6.07) is 7.73. The van der Waals surface area contributed by atoms with Gasteiger partial charge < -0.3 is 5.11 Å². The molecule has 13 heavy (non-hydrogen) atoms. The van der Waals surface area contributed by atoms with E-state index in [-0.39, 0.29) is 5.75 Å². The highest BCUT2D eigenvalue weighted by Crippen LogP contribution is 2.27. The van der Waals surface area contributed by atoms with Crippen LogP contribution in [0.15, 0.2) is 30.3 Å². The van der Waals surface area contributed by atoms with E-state index in [4.69, 9.17) is 16.7 Å². The number of phenols is 1. The van der Waals surface area contributed by atoms with Crippen LogP contribution in [0.5, 0.6) is 5.75 Å². The van der Waals surface area contributed by atoms with Crippen molar-refractivity contribution in [2.75, 3.05) is 0 Å². The molecule has 0 amide bonds. The minimum absolute atomic E-state index is 0.338. The number of aromatic hydroxyl groups is 1. The van der Waals surface area contributed by atoms with Gasteiger partial charge >= 0.3 is 0 Å². The molecule has 0 saturated carbocycles. The summed E-state index contributed by atoms with van der Waals surface area (Å²) in [5, 5.41) is 10.7. The summed E-state index contributed by atoms with van der Waals surface area (Å²) in [7, 11) is 0. The third-order valence-electron chi connectivity index (χ3n) is 1.90. The molecule has 66 valence electrons. The SMILES string of the molecule is Oc1ccc2cc(Cl)ccc2c1F. The van der Waals surface area contributed by atoms with Crippen LogP contribution in [0.4, 0.5) is 4.39 Å². The first-order valence-electron chi connectivity index (χ1n) is 3.75. The fourth-order valence-corrected chi connectivity index (χ4v) is 1.43. The largest absolute Gasteiger partial charge is 0.505 e. The summed E-state index contributed by atoms with van der Waals surface area (Å²) in [4.78, 5) is 0. The van der Waals surface area contributed by atoms with Crippen LogP contribution in [0.25, 0.3) is 10.8 Å². The first kappa shape index (κ1) is 8.32. The van der Waals surface area contributed by atoms with Gasteiger partial charge in [-0.1, -0.05) is 17.7 Å². The fourth-order valence-electron chi connectivity index (χ4n) is 1.25. The Labute approximate surface area is 79.4 Å². The first-order valence-corrected chi connectivity index (χ1v) is 4.13. The average Bonchev–Trinajstić information content (AvgIpc) is 2.12. The average molecular weight is 197 g/mol. The zero-order chi connectivity index (χ0) is 9.42. The third kappa shape index (κ3) is 1.33. The molecule has 0 aromatic heterocycles. The van der Waals surface area contributed by atoms with E-state index in [1.54, 1.807) is 24.3 Å². The van der Waals surface area contributed by atoms with Crippen LogP contribution >= 0.6 is 11.6 Å². The molecule has 3 heteroatoms. The predicted octanol–water partition coefficient (Wildman–Crippen LogP) is 3.34. The van der Waals surface area contributed by atoms with Gasteiger partial charge in [-0.3, -0.25) is 0 Å². The van der Waals surface area contributed by atoms with Crippen molar-refractivity contribution < 1.29 is 9.50 Å². The zero-order valence-corrected chi connectivity index (χ0v) is 7.35. The number of benzene rings is 2. The summed E-state index contributed by atoms with van der Waals surface area (Å²) in [5.74, 6) is -0.941. The molecule has 0 radical (unpaired) electrons. The van der Waals surface area contributed by atoms with Crippen LogP contribution in [0.1, 0.15) is 0 Å². The normalized spacial score (nSPS) is 10.6. The summed E-state index contributed by atoms with van der Waals surface area (Å²) in [6.45, 7) is 0. The number of hydrogen-bond acceptors (Lipinski definition) is 1. The Hall–Kier alpha value is -1.28. The maximum absolute atomic E-state index is 13.2. The lowest BCUT2D eigenvalue weighted by Gasteiger charge is -2.01. The second kappa shape index (κ2) is 2.89. The van der Waals surface area contributed by atoms with E-state index in [1.165, 1.54) is 6.07 Å².